The fraction of sp³-hybridized carbons (Fsp3) is 0.600. The Morgan fingerprint density at radius 3 is 2.90 bits per heavy atom. The summed E-state index contributed by atoms with van der Waals surface area (Å²) in [7, 11) is 2.07. The van der Waals surface area contributed by atoms with E-state index in [9.17, 15) is 4.79 Å². The normalized spacial score (nSPS) is 14.5. The number of H-pyrrole nitrogens is 1. The zero-order chi connectivity index (χ0) is 15.1. The second-order valence-corrected chi connectivity index (χ2v) is 7.51. The molecule has 114 valence electrons. The molecular weight excluding hydrogens is 302 g/mol. The monoisotopic (exact) mass is 323 g/mol. The quantitative estimate of drug-likeness (QED) is 0.880. The third-order valence-corrected chi connectivity index (χ3v) is 5.93. The molecule has 0 spiro atoms. The molecule has 1 N–H and O–H groups in total. The van der Waals surface area contributed by atoms with Gasteiger partial charge in [0.2, 0.25) is 0 Å². The Balaban J connectivity index is 2.03. The minimum atomic E-state index is 0.0882. The van der Waals surface area contributed by atoms with Crippen LogP contribution in [-0.2, 0) is 19.4 Å². The average Bonchev–Trinajstić information content (AvgIpc) is 2.97. The first kappa shape index (κ1) is 14.9. The van der Waals surface area contributed by atoms with E-state index in [4.69, 9.17) is 12.2 Å². The highest BCUT2D eigenvalue weighted by atomic mass is 32.1. The Kier molecular flexibility index (Phi) is 4.03. The highest BCUT2D eigenvalue weighted by Crippen LogP contribution is 2.34. The molecule has 3 rings (SSSR count). The van der Waals surface area contributed by atoms with E-state index in [0.717, 1.165) is 29.6 Å². The van der Waals surface area contributed by atoms with Crippen LogP contribution in [0, 0.1) is 4.77 Å². The minimum absolute atomic E-state index is 0.0882. The number of thiophene rings is 1. The first-order chi connectivity index (χ1) is 9.99. The molecule has 2 aromatic rings. The van der Waals surface area contributed by atoms with Crippen LogP contribution in [0.4, 0.5) is 0 Å². The van der Waals surface area contributed by atoms with Gasteiger partial charge in [0.1, 0.15) is 4.83 Å². The van der Waals surface area contributed by atoms with Gasteiger partial charge in [0, 0.05) is 24.0 Å². The van der Waals surface area contributed by atoms with Crippen molar-refractivity contribution in [2.75, 3.05) is 13.6 Å². The number of aromatic nitrogens is 2. The first-order valence-corrected chi connectivity index (χ1v) is 8.69. The Hall–Kier alpha value is -0.980. The van der Waals surface area contributed by atoms with E-state index in [1.54, 1.807) is 15.9 Å². The SMILES string of the molecule is CC(C)N(C)CCn1c(=S)[nH]c2sc3c(c2c1=O)CCC3. The van der Waals surface area contributed by atoms with Gasteiger partial charge in [-0.2, -0.15) is 0 Å². The number of fused-ring (bicyclic) bond motifs is 3. The van der Waals surface area contributed by atoms with E-state index < -0.39 is 0 Å². The third kappa shape index (κ3) is 2.60. The molecular formula is C15H21N3OS2. The summed E-state index contributed by atoms with van der Waals surface area (Å²) in [5, 5.41) is 0.883. The standard InChI is InChI=1S/C15H21N3OS2/c1-9(2)17(3)7-8-18-14(19)12-10-5-4-6-11(10)21-13(12)16-15(18)20/h9H,4-8H2,1-3H3,(H,16,20). The molecule has 1 aliphatic rings. The van der Waals surface area contributed by atoms with E-state index in [1.165, 1.54) is 16.9 Å². The lowest BCUT2D eigenvalue weighted by molar-refractivity contribution is 0.261. The van der Waals surface area contributed by atoms with Crippen LogP contribution in [0.25, 0.3) is 10.2 Å². The lowest BCUT2D eigenvalue weighted by atomic mass is 10.2. The van der Waals surface area contributed by atoms with Gasteiger partial charge in [0.05, 0.1) is 5.39 Å². The van der Waals surface area contributed by atoms with Gasteiger partial charge in [0.25, 0.3) is 5.56 Å². The molecule has 0 atom stereocenters. The van der Waals surface area contributed by atoms with Gasteiger partial charge < -0.3 is 9.88 Å². The summed E-state index contributed by atoms with van der Waals surface area (Å²) in [4.78, 5) is 20.6. The maximum atomic E-state index is 12.8. The third-order valence-electron chi connectivity index (χ3n) is 4.40. The Morgan fingerprint density at radius 2 is 2.19 bits per heavy atom. The van der Waals surface area contributed by atoms with E-state index in [-0.39, 0.29) is 5.56 Å². The van der Waals surface area contributed by atoms with Gasteiger partial charge in [-0.15, -0.1) is 11.3 Å². The number of nitrogens with one attached hydrogen (secondary N) is 1. The van der Waals surface area contributed by atoms with Crippen molar-refractivity contribution in [1.82, 2.24) is 14.5 Å². The average molecular weight is 323 g/mol. The summed E-state index contributed by atoms with van der Waals surface area (Å²) in [6, 6.07) is 0.465. The molecule has 0 aliphatic heterocycles. The fourth-order valence-electron chi connectivity index (χ4n) is 2.83. The molecule has 0 unspecified atom stereocenters. The Morgan fingerprint density at radius 1 is 1.43 bits per heavy atom. The molecule has 6 heteroatoms. The number of nitrogens with zero attached hydrogens (tertiary/aromatic N) is 2. The van der Waals surface area contributed by atoms with Crippen molar-refractivity contribution in [1.29, 1.82) is 0 Å². The highest BCUT2D eigenvalue weighted by Gasteiger charge is 2.21. The molecule has 0 radical (unpaired) electrons. The Bertz CT molecular complexity index is 785. The lowest BCUT2D eigenvalue weighted by Gasteiger charge is -2.21. The van der Waals surface area contributed by atoms with Gasteiger partial charge in [0.15, 0.2) is 4.77 Å². The van der Waals surface area contributed by atoms with Crippen molar-refractivity contribution in [3.8, 4) is 0 Å². The molecule has 0 saturated heterocycles. The number of aromatic amines is 1. The van der Waals surface area contributed by atoms with Crippen molar-refractivity contribution in [3.05, 3.63) is 25.6 Å². The number of rotatable bonds is 4. The lowest BCUT2D eigenvalue weighted by Crippen LogP contribution is -2.33. The second kappa shape index (κ2) is 5.66. The molecule has 0 aromatic carbocycles. The fourth-order valence-corrected chi connectivity index (χ4v) is 4.45. The molecule has 0 saturated carbocycles. The molecule has 0 bridgehead atoms. The van der Waals surface area contributed by atoms with Gasteiger partial charge >= 0.3 is 0 Å². The van der Waals surface area contributed by atoms with Crippen LogP contribution < -0.4 is 5.56 Å². The smallest absolute Gasteiger partial charge is 0.263 e. The molecule has 2 heterocycles. The van der Waals surface area contributed by atoms with Gasteiger partial charge in [-0.3, -0.25) is 9.36 Å². The molecule has 1 aliphatic carbocycles. The van der Waals surface area contributed by atoms with E-state index in [0.29, 0.717) is 17.4 Å². The summed E-state index contributed by atoms with van der Waals surface area (Å²) in [5.41, 5.74) is 1.35. The van der Waals surface area contributed by atoms with Gasteiger partial charge in [-0.1, -0.05) is 0 Å². The summed E-state index contributed by atoms with van der Waals surface area (Å²) >= 11 is 7.09. The van der Waals surface area contributed by atoms with E-state index >= 15 is 0 Å². The molecule has 0 amide bonds. The maximum Gasteiger partial charge on any atom is 0.263 e. The predicted octanol–water partition coefficient (Wildman–Crippen LogP) is 2.95. The van der Waals surface area contributed by atoms with Crippen LogP contribution in [0.15, 0.2) is 4.79 Å². The van der Waals surface area contributed by atoms with Crippen LogP contribution in [-0.4, -0.2) is 34.1 Å². The number of hydrogen-bond donors (Lipinski definition) is 1. The topological polar surface area (TPSA) is 41.0 Å². The number of hydrogen-bond acceptors (Lipinski definition) is 4. The van der Waals surface area contributed by atoms with Crippen LogP contribution in [0.2, 0.25) is 0 Å². The van der Waals surface area contributed by atoms with Gasteiger partial charge in [-0.05, 0) is 57.9 Å². The first-order valence-electron chi connectivity index (χ1n) is 7.46. The minimum Gasteiger partial charge on any atom is -0.323 e. The van der Waals surface area contributed by atoms with Crippen LogP contribution in [0.5, 0.6) is 0 Å². The van der Waals surface area contributed by atoms with Crippen molar-refractivity contribution in [3.63, 3.8) is 0 Å². The molecule has 21 heavy (non-hydrogen) atoms. The van der Waals surface area contributed by atoms with Crippen molar-refractivity contribution >= 4 is 33.8 Å². The van der Waals surface area contributed by atoms with Crippen molar-refractivity contribution in [2.24, 2.45) is 0 Å². The van der Waals surface area contributed by atoms with Gasteiger partial charge in [-0.25, -0.2) is 0 Å². The largest absolute Gasteiger partial charge is 0.323 e. The molecule has 4 nitrogen and oxygen atoms in total. The predicted molar refractivity (Wildman–Crippen MR) is 91.1 cm³/mol. The zero-order valence-corrected chi connectivity index (χ0v) is 14.4. The van der Waals surface area contributed by atoms with Crippen LogP contribution in [0.3, 0.4) is 0 Å². The zero-order valence-electron chi connectivity index (χ0n) is 12.7. The highest BCUT2D eigenvalue weighted by molar-refractivity contribution is 7.71. The second-order valence-electron chi connectivity index (χ2n) is 6.02. The summed E-state index contributed by atoms with van der Waals surface area (Å²) in [5.74, 6) is 0. The number of aryl methyl sites for hydroxylation is 2. The van der Waals surface area contributed by atoms with Crippen LogP contribution in [0.1, 0.15) is 30.7 Å². The van der Waals surface area contributed by atoms with Crippen molar-refractivity contribution < 1.29 is 0 Å². The summed E-state index contributed by atoms with van der Waals surface area (Å²) in [6.07, 6.45) is 3.30. The molecule has 0 fully saturated rings. The summed E-state index contributed by atoms with van der Waals surface area (Å²) < 4.78 is 2.27. The maximum absolute atomic E-state index is 12.8. The van der Waals surface area contributed by atoms with E-state index in [2.05, 4.69) is 30.8 Å². The molecule has 2 aromatic heterocycles. The van der Waals surface area contributed by atoms with E-state index in [1.807, 2.05) is 0 Å². The van der Waals surface area contributed by atoms with Crippen LogP contribution >= 0.6 is 23.6 Å². The van der Waals surface area contributed by atoms with Crippen molar-refractivity contribution in [2.45, 2.75) is 45.7 Å². The number of likely N-dealkylation sites (N-methyl/N-ethyl adjacent to an activating group) is 1. The summed E-state index contributed by atoms with van der Waals surface area (Å²) in [6.45, 7) is 5.77. The Labute approximate surface area is 133 Å².